The van der Waals surface area contributed by atoms with Gasteiger partial charge in [0.05, 0.1) is 5.39 Å². The van der Waals surface area contributed by atoms with Gasteiger partial charge in [-0.1, -0.05) is 6.92 Å². The molecule has 2 fully saturated rings. The maximum atomic E-state index is 9.23. The molecule has 114 valence electrons. The van der Waals surface area contributed by atoms with Gasteiger partial charge in [0, 0.05) is 37.8 Å². The second kappa shape index (κ2) is 4.87. The Kier molecular flexibility index (Phi) is 2.96. The Morgan fingerprint density at radius 2 is 2.18 bits per heavy atom. The molecule has 2 aromatic rings. The zero-order valence-corrected chi connectivity index (χ0v) is 12.8. The van der Waals surface area contributed by atoms with Crippen LogP contribution >= 0.6 is 0 Å². The largest absolute Gasteiger partial charge is 0.355 e. The highest BCUT2D eigenvalue weighted by Crippen LogP contribution is 2.42. The van der Waals surface area contributed by atoms with Crippen molar-refractivity contribution >= 4 is 16.9 Å². The van der Waals surface area contributed by atoms with Crippen LogP contribution in [0, 0.1) is 22.8 Å². The van der Waals surface area contributed by atoms with Crippen molar-refractivity contribution in [3.63, 3.8) is 0 Å². The molecule has 0 aromatic carbocycles. The molecule has 2 aliphatic heterocycles. The Labute approximate surface area is 129 Å². The molecule has 2 saturated heterocycles. The van der Waals surface area contributed by atoms with Gasteiger partial charge in [-0.25, -0.2) is 9.97 Å². The average molecular weight is 296 g/mol. The first kappa shape index (κ1) is 13.4. The van der Waals surface area contributed by atoms with Crippen molar-refractivity contribution in [2.75, 3.05) is 31.1 Å². The summed E-state index contributed by atoms with van der Waals surface area (Å²) >= 11 is 0. The van der Waals surface area contributed by atoms with Crippen LogP contribution in [0.2, 0.25) is 0 Å². The zero-order chi connectivity index (χ0) is 15.2. The number of likely N-dealkylation sites (tertiary alicyclic amines) is 1. The highest BCUT2D eigenvalue weighted by Gasteiger charge is 2.44. The summed E-state index contributed by atoms with van der Waals surface area (Å²) in [6, 6.07) is 2.04. The summed E-state index contributed by atoms with van der Waals surface area (Å²) in [5.74, 6) is 1.72. The molecule has 2 aliphatic rings. The van der Waals surface area contributed by atoms with Gasteiger partial charge in [-0.05, 0) is 24.8 Å². The van der Waals surface area contributed by atoms with Crippen molar-refractivity contribution in [1.29, 1.82) is 5.26 Å². The monoisotopic (exact) mass is 296 g/mol. The number of piperidine rings is 2. The topological polar surface area (TPSA) is 71.8 Å². The van der Waals surface area contributed by atoms with Crippen molar-refractivity contribution in [2.45, 2.75) is 19.8 Å². The predicted octanol–water partition coefficient (Wildman–Crippen LogP) is 1.98. The minimum absolute atomic E-state index is 0.153. The van der Waals surface area contributed by atoms with Gasteiger partial charge in [0.15, 0.2) is 6.19 Å². The Morgan fingerprint density at radius 1 is 1.32 bits per heavy atom. The van der Waals surface area contributed by atoms with Crippen LogP contribution in [0.15, 0.2) is 18.6 Å². The Bertz CT molecular complexity index is 732. The summed E-state index contributed by atoms with van der Waals surface area (Å²) in [4.78, 5) is 16.2. The predicted molar refractivity (Wildman–Crippen MR) is 84.1 cm³/mol. The van der Waals surface area contributed by atoms with Crippen LogP contribution in [-0.2, 0) is 0 Å². The van der Waals surface area contributed by atoms with Gasteiger partial charge in [0.2, 0.25) is 0 Å². The second-order valence-corrected chi connectivity index (χ2v) is 6.81. The molecule has 0 bridgehead atoms. The van der Waals surface area contributed by atoms with Gasteiger partial charge in [-0.3, -0.25) is 0 Å². The maximum Gasteiger partial charge on any atom is 0.179 e. The van der Waals surface area contributed by atoms with E-state index in [1.54, 1.807) is 6.33 Å². The van der Waals surface area contributed by atoms with E-state index in [-0.39, 0.29) is 5.41 Å². The van der Waals surface area contributed by atoms with E-state index < -0.39 is 0 Å². The Balaban J connectivity index is 1.65. The third kappa shape index (κ3) is 2.00. The highest BCUT2D eigenvalue weighted by molar-refractivity contribution is 5.87. The minimum atomic E-state index is 0.153. The second-order valence-electron chi connectivity index (χ2n) is 6.81. The fourth-order valence-electron chi connectivity index (χ4n) is 4.18. The minimum Gasteiger partial charge on any atom is -0.355 e. The molecule has 0 spiro atoms. The van der Waals surface area contributed by atoms with Crippen LogP contribution in [0.1, 0.15) is 19.8 Å². The molecule has 22 heavy (non-hydrogen) atoms. The van der Waals surface area contributed by atoms with Crippen molar-refractivity contribution < 1.29 is 0 Å². The summed E-state index contributed by atoms with van der Waals surface area (Å²) in [6.45, 7) is 6.07. The average Bonchev–Trinajstić information content (AvgIpc) is 3.01. The molecule has 0 aliphatic carbocycles. The van der Waals surface area contributed by atoms with E-state index in [0.29, 0.717) is 5.92 Å². The van der Waals surface area contributed by atoms with Crippen LogP contribution in [0.3, 0.4) is 0 Å². The highest BCUT2D eigenvalue weighted by atomic mass is 15.2. The van der Waals surface area contributed by atoms with Gasteiger partial charge in [-0.2, -0.15) is 5.26 Å². The van der Waals surface area contributed by atoms with Crippen LogP contribution in [0.4, 0.5) is 5.82 Å². The van der Waals surface area contributed by atoms with E-state index >= 15 is 0 Å². The van der Waals surface area contributed by atoms with Crippen molar-refractivity contribution in [3.05, 3.63) is 18.6 Å². The number of hydrogen-bond acceptors (Lipinski definition) is 5. The Hall–Kier alpha value is -2.29. The third-order valence-electron chi connectivity index (χ3n) is 5.36. The fourth-order valence-corrected chi connectivity index (χ4v) is 4.18. The summed E-state index contributed by atoms with van der Waals surface area (Å²) < 4.78 is 0. The SMILES string of the molecule is C[C@@]12CN(C#N)CC[C@@H]1CCN(c1ncnc3[nH]ccc13)C2. The number of rotatable bonds is 1. The molecule has 0 amide bonds. The normalized spacial score (nSPS) is 28.5. The van der Waals surface area contributed by atoms with Gasteiger partial charge < -0.3 is 14.8 Å². The van der Waals surface area contributed by atoms with E-state index in [1.165, 1.54) is 6.42 Å². The lowest BCUT2D eigenvalue weighted by molar-refractivity contribution is 0.0560. The molecule has 1 N–H and O–H groups in total. The lowest BCUT2D eigenvalue weighted by Crippen LogP contribution is -2.55. The fraction of sp³-hybridized carbons (Fsp3) is 0.562. The van der Waals surface area contributed by atoms with E-state index in [1.807, 2.05) is 17.2 Å². The van der Waals surface area contributed by atoms with Crippen LogP contribution < -0.4 is 4.90 Å². The maximum absolute atomic E-state index is 9.23. The lowest BCUT2D eigenvalue weighted by Gasteiger charge is -2.51. The zero-order valence-electron chi connectivity index (χ0n) is 12.8. The summed E-state index contributed by atoms with van der Waals surface area (Å²) in [7, 11) is 0. The number of hydrogen-bond donors (Lipinski definition) is 1. The van der Waals surface area contributed by atoms with Crippen LogP contribution in [0.25, 0.3) is 11.0 Å². The number of aromatic nitrogens is 3. The van der Waals surface area contributed by atoms with Crippen LogP contribution in [-0.4, -0.2) is 46.0 Å². The first-order valence-electron chi connectivity index (χ1n) is 7.87. The van der Waals surface area contributed by atoms with Gasteiger partial charge in [0.1, 0.15) is 17.8 Å². The van der Waals surface area contributed by atoms with E-state index in [2.05, 4.69) is 33.0 Å². The number of H-pyrrole nitrogens is 1. The number of aromatic amines is 1. The molecule has 2 aromatic heterocycles. The molecular weight excluding hydrogens is 276 g/mol. The number of nitrogens with zero attached hydrogens (tertiary/aromatic N) is 5. The molecule has 0 saturated carbocycles. The quantitative estimate of drug-likeness (QED) is 0.815. The smallest absolute Gasteiger partial charge is 0.179 e. The first-order valence-corrected chi connectivity index (χ1v) is 7.87. The molecule has 0 radical (unpaired) electrons. The molecule has 4 heterocycles. The summed E-state index contributed by atoms with van der Waals surface area (Å²) in [5.41, 5.74) is 1.04. The number of anilines is 1. The molecule has 2 atom stereocenters. The van der Waals surface area contributed by atoms with E-state index in [9.17, 15) is 5.26 Å². The van der Waals surface area contributed by atoms with E-state index in [4.69, 9.17) is 0 Å². The Morgan fingerprint density at radius 3 is 3.05 bits per heavy atom. The van der Waals surface area contributed by atoms with Crippen LogP contribution in [0.5, 0.6) is 0 Å². The summed E-state index contributed by atoms with van der Waals surface area (Å²) in [5, 5.41) is 10.3. The number of fused-ring (bicyclic) bond motifs is 2. The van der Waals surface area contributed by atoms with E-state index in [0.717, 1.165) is 49.5 Å². The van der Waals surface area contributed by atoms with Crippen molar-refractivity contribution in [3.8, 4) is 6.19 Å². The van der Waals surface area contributed by atoms with Gasteiger partial charge in [-0.15, -0.1) is 0 Å². The summed E-state index contributed by atoms with van der Waals surface area (Å²) in [6.07, 6.45) is 8.17. The van der Waals surface area contributed by atoms with Gasteiger partial charge in [0.25, 0.3) is 0 Å². The number of nitrogens with one attached hydrogen (secondary N) is 1. The molecule has 0 unspecified atom stereocenters. The number of nitriles is 1. The first-order chi connectivity index (χ1) is 10.7. The lowest BCUT2D eigenvalue weighted by atomic mass is 9.68. The standard InChI is InChI=1S/C16H20N6/c1-16-8-21(10-17)6-3-12(16)4-7-22(9-16)15-13-2-5-18-14(13)19-11-20-15/h2,5,11-12H,3-4,6-9H2,1H3,(H,18,19,20)/t12-,16+/m1/s1. The molecule has 4 rings (SSSR count). The van der Waals surface area contributed by atoms with Crippen molar-refractivity contribution in [1.82, 2.24) is 19.9 Å². The van der Waals surface area contributed by atoms with Crippen molar-refractivity contribution in [2.24, 2.45) is 11.3 Å². The van der Waals surface area contributed by atoms with Gasteiger partial charge >= 0.3 is 0 Å². The third-order valence-corrected chi connectivity index (χ3v) is 5.36. The molecule has 6 heteroatoms. The molecular formula is C16H20N6. The molecule has 6 nitrogen and oxygen atoms in total.